The van der Waals surface area contributed by atoms with Gasteiger partial charge in [0.15, 0.2) is 0 Å². The number of nitrogens with zero attached hydrogens (tertiary/aromatic N) is 3. The molecule has 1 fully saturated rings. The van der Waals surface area contributed by atoms with E-state index in [4.69, 9.17) is 10.1 Å². The quantitative estimate of drug-likeness (QED) is 0.429. The van der Waals surface area contributed by atoms with Gasteiger partial charge >= 0.3 is 0 Å². The lowest BCUT2D eigenvalue weighted by molar-refractivity contribution is -0.124. The zero-order chi connectivity index (χ0) is 23.0. The normalized spacial score (nSPS) is 14.8. The number of benzene rings is 2. The molecule has 0 radical (unpaired) electrons. The number of carbonyl (C=O) groups is 1. The van der Waals surface area contributed by atoms with Gasteiger partial charge in [-0.1, -0.05) is 24.1 Å². The van der Waals surface area contributed by atoms with Crippen LogP contribution in [-0.2, 0) is 4.79 Å². The fraction of sp³-hybridized carbons (Fsp3) is 0.231. The van der Waals surface area contributed by atoms with Crippen LogP contribution in [0, 0.1) is 23.2 Å². The van der Waals surface area contributed by atoms with Gasteiger partial charge in [-0.2, -0.15) is 0 Å². The van der Waals surface area contributed by atoms with E-state index in [-0.39, 0.29) is 5.91 Å². The van der Waals surface area contributed by atoms with E-state index in [0.717, 1.165) is 17.7 Å². The van der Waals surface area contributed by atoms with Gasteiger partial charge in [-0.25, -0.2) is 9.97 Å². The topological polar surface area (TPSA) is 91.2 Å². The van der Waals surface area contributed by atoms with Gasteiger partial charge in [0, 0.05) is 31.4 Å². The van der Waals surface area contributed by atoms with Crippen LogP contribution in [0.2, 0.25) is 0 Å². The second kappa shape index (κ2) is 10.4. The Hall–Kier alpha value is -4.18. The molecule has 2 heterocycles. The number of nitrogens with one attached hydrogen (secondary N) is 2. The largest absolute Gasteiger partial charge is 0.457 e. The van der Waals surface area contributed by atoms with Crippen LogP contribution in [0.4, 0.5) is 5.82 Å². The molecule has 0 bridgehead atoms. The summed E-state index contributed by atoms with van der Waals surface area (Å²) in [5.41, 5.74) is 1.69. The maximum atomic E-state index is 12.0. The Bertz CT molecular complexity index is 1180. The Kier molecular flexibility index (Phi) is 6.96. The third-order valence-electron chi connectivity index (χ3n) is 5.47. The third-order valence-corrected chi connectivity index (χ3v) is 5.47. The second-order valence-electron chi connectivity index (χ2n) is 7.76. The lowest BCUT2D eigenvalue weighted by Gasteiger charge is -2.16. The van der Waals surface area contributed by atoms with Gasteiger partial charge in [0.2, 0.25) is 0 Å². The van der Waals surface area contributed by atoms with Crippen LogP contribution in [0.3, 0.4) is 0 Å². The first-order chi connectivity index (χ1) is 16.1. The van der Waals surface area contributed by atoms with Gasteiger partial charge in [-0.3, -0.25) is 10.2 Å². The fourth-order valence-electron chi connectivity index (χ4n) is 3.73. The van der Waals surface area contributed by atoms with E-state index in [1.54, 1.807) is 18.0 Å². The second-order valence-corrected chi connectivity index (χ2v) is 7.76. The van der Waals surface area contributed by atoms with E-state index in [0.29, 0.717) is 48.4 Å². The highest BCUT2D eigenvalue weighted by Crippen LogP contribution is 2.24. The minimum Gasteiger partial charge on any atom is -0.457 e. The van der Waals surface area contributed by atoms with Gasteiger partial charge in [0.05, 0.1) is 11.3 Å². The molecule has 166 valence electrons. The molecule has 1 atom stereocenters. The van der Waals surface area contributed by atoms with Crippen molar-refractivity contribution in [2.45, 2.75) is 13.3 Å². The van der Waals surface area contributed by atoms with Gasteiger partial charge in [0.25, 0.3) is 5.91 Å². The Balaban J connectivity index is 1.40. The molecule has 1 amide bonds. The molecule has 0 saturated carbocycles. The number of likely N-dealkylation sites (tertiary alicyclic amines) is 1. The van der Waals surface area contributed by atoms with E-state index < -0.39 is 0 Å². The van der Waals surface area contributed by atoms with E-state index in [9.17, 15) is 4.79 Å². The van der Waals surface area contributed by atoms with Crippen molar-refractivity contribution in [2.75, 3.05) is 25.0 Å². The molecule has 1 aliphatic rings. The number of hydrogen-bond donors (Lipinski definition) is 2. The Labute approximate surface area is 193 Å². The first-order valence-electron chi connectivity index (χ1n) is 10.8. The summed E-state index contributed by atoms with van der Waals surface area (Å²) in [5, 5.41) is 12.0. The van der Waals surface area contributed by atoms with E-state index in [1.165, 1.54) is 6.33 Å². The summed E-state index contributed by atoms with van der Waals surface area (Å²) < 4.78 is 5.83. The standard InChI is InChI=1S/C26H25N5O2/c1-2-6-24(32)31-14-13-19(17-31)15-29-26-23(16-28-18-30-26)25(27)20-9-11-22(12-10-20)33-21-7-4-3-5-8-21/h3-5,7-12,16,18-19,27H,13-15,17H2,1H3,(H,28,29,30)/t19-/m0/s1. The molecule has 4 rings (SSSR count). The van der Waals surface area contributed by atoms with Crippen molar-refractivity contribution in [2.24, 2.45) is 5.92 Å². The summed E-state index contributed by atoms with van der Waals surface area (Å²) in [4.78, 5) is 22.2. The van der Waals surface area contributed by atoms with Crippen LogP contribution in [-0.4, -0.2) is 46.1 Å². The highest BCUT2D eigenvalue weighted by molar-refractivity contribution is 6.13. The molecule has 0 unspecified atom stereocenters. The predicted molar refractivity (Wildman–Crippen MR) is 128 cm³/mol. The van der Waals surface area contributed by atoms with Crippen LogP contribution in [0.15, 0.2) is 67.1 Å². The first-order valence-corrected chi connectivity index (χ1v) is 10.8. The van der Waals surface area contributed by atoms with Gasteiger partial charge in [-0.05, 0) is 61.6 Å². The summed E-state index contributed by atoms with van der Waals surface area (Å²) in [5.74, 6) is 7.52. The monoisotopic (exact) mass is 439 g/mol. The minimum absolute atomic E-state index is 0.121. The Morgan fingerprint density at radius 2 is 1.94 bits per heavy atom. The first kappa shape index (κ1) is 22.0. The molecule has 2 aromatic carbocycles. The maximum absolute atomic E-state index is 12.0. The molecule has 0 spiro atoms. The SMILES string of the molecule is CC#CC(=O)N1CC[C@@H](CNc2ncncc2C(=N)c2ccc(Oc3ccccc3)cc2)C1. The molecule has 2 N–H and O–H groups in total. The Morgan fingerprint density at radius 1 is 1.18 bits per heavy atom. The Morgan fingerprint density at radius 3 is 2.70 bits per heavy atom. The molecule has 0 aliphatic carbocycles. The van der Waals surface area contributed by atoms with Gasteiger partial charge < -0.3 is 15.0 Å². The number of para-hydroxylation sites is 1. The molecular formula is C26H25N5O2. The van der Waals surface area contributed by atoms with Crippen molar-refractivity contribution in [1.82, 2.24) is 14.9 Å². The van der Waals surface area contributed by atoms with Crippen LogP contribution < -0.4 is 10.1 Å². The van der Waals surface area contributed by atoms with E-state index >= 15 is 0 Å². The summed E-state index contributed by atoms with van der Waals surface area (Å²) in [6.45, 7) is 3.71. The van der Waals surface area contributed by atoms with Crippen molar-refractivity contribution < 1.29 is 9.53 Å². The van der Waals surface area contributed by atoms with Crippen LogP contribution in [0.1, 0.15) is 24.5 Å². The number of anilines is 1. The molecule has 1 aliphatic heterocycles. The van der Waals surface area contributed by atoms with E-state index in [1.807, 2.05) is 54.6 Å². The number of amides is 1. The number of rotatable bonds is 7. The van der Waals surface area contributed by atoms with Gasteiger partial charge in [0.1, 0.15) is 23.6 Å². The zero-order valence-electron chi connectivity index (χ0n) is 18.4. The molecule has 1 saturated heterocycles. The molecule has 33 heavy (non-hydrogen) atoms. The van der Waals surface area contributed by atoms with Crippen LogP contribution in [0.25, 0.3) is 0 Å². The summed E-state index contributed by atoms with van der Waals surface area (Å²) in [7, 11) is 0. The number of carbonyl (C=O) groups excluding carboxylic acids is 1. The molecule has 1 aromatic heterocycles. The average molecular weight is 440 g/mol. The minimum atomic E-state index is -0.121. The summed E-state index contributed by atoms with van der Waals surface area (Å²) in [6, 6.07) is 17.0. The average Bonchev–Trinajstić information content (AvgIpc) is 3.33. The zero-order valence-corrected chi connectivity index (χ0v) is 18.4. The summed E-state index contributed by atoms with van der Waals surface area (Å²) in [6.07, 6.45) is 4.02. The van der Waals surface area contributed by atoms with Crippen molar-refractivity contribution in [3.8, 4) is 23.3 Å². The van der Waals surface area contributed by atoms with E-state index in [2.05, 4.69) is 27.1 Å². The van der Waals surface area contributed by atoms with Crippen molar-refractivity contribution in [3.05, 3.63) is 78.2 Å². The van der Waals surface area contributed by atoms with Crippen molar-refractivity contribution >= 4 is 17.4 Å². The van der Waals surface area contributed by atoms with Crippen LogP contribution >= 0.6 is 0 Å². The fourth-order valence-corrected chi connectivity index (χ4v) is 3.73. The number of ether oxygens (including phenoxy) is 1. The maximum Gasteiger partial charge on any atom is 0.298 e. The number of aromatic nitrogens is 2. The molecule has 7 nitrogen and oxygen atoms in total. The predicted octanol–water partition coefficient (Wildman–Crippen LogP) is 3.97. The lowest BCUT2D eigenvalue weighted by atomic mass is 10.0. The van der Waals surface area contributed by atoms with Crippen molar-refractivity contribution in [3.63, 3.8) is 0 Å². The highest BCUT2D eigenvalue weighted by Gasteiger charge is 2.25. The van der Waals surface area contributed by atoms with Crippen molar-refractivity contribution in [1.29, 1.82) is 5.41 Å². The molecular weight excluding hydrogens is 414 g/mol. The lowest BCUT2D eigenvalue weighted by Crippen LogP contribution is -2.28. The molecule has 7 heteroatoms. The summed E-state index contributed by atoms with van der Waals surface area (Å²) >= 11 is 0. The van der Waals surface area contributed by atoms with Crippen LogP contribution in [0.5, 0.6) is 11.5 Å². The highest BCUT2D eigenvalue weighted by atomic mass is 16.5. The third kappa shape index (κ3) is 5.55. The smallest absolute Gasteiger partial charge is 0.298 e. The molecule has 3 aromatic rings. The number of hydrogen-bond acceptors (Lipinski definition) is 6. The van der Waals surface area contributed by atoms with Gasteiger partial charge in [-0.15, -0.1) is 0 Å².